The van der Waals surface area contributed by atoms with Crippen LogP contribution in [0.2, 0.25) is 0 Å². The van der Waals surface area contributed by atoms with Crippen molar-refractivity contribution in [1.82, 2.24) is 0 Å². The SMILES string of the molecule is CCC(=O)C1CSC(C(=O)O)O1. The molecule has 2 atom stereocenters. The number of ether oxygens (including phenoxy) is 1. The molecular formula is C7H10O4S. The van der Waals surface area contributed by atoms with Crippen molar-refractivity contribution >= 4 is 23.5 Å². The van der Waals surface area contributed by atoms with Crippen molar-refractivity contribution in [3.05, 3.63) is 0 Å². The van der Waals surface area contributed by atoms with Crippen molar-refractivity contribution in [2.45, 2.75) is 24.9 Å². The molecule has 0 amide bonds. The molecule has 12 heavy (non-hydrogen) atoms. The van der Waals surface area contributed by atoms with Gasteiger partial charge in [0.25, 0.3) is 0 Å². The molecule has 0 saturated carbocycles. The summed E-state index contributed by atoms with van der Waals surface area (Å²) in [4.78, 5) is 21.5. The monoisotopic (exact) mass is 190 g/mol. The third-order valence-electron chi connectivity index (χ3n) is 1.60. The Kier molecular flexibility index (Phi) is 3.11. The zero-order valence-electron chi connectivity index (χ0n) is 6.65. The zero-order valence-corrected chi connectivity index (χ0v) is 7.47. The molecule has 1 fully saturated rings. The fourth-order valence-electron chi connectivity index (χ4n) is 0.929. The van der Waals surface area contributed by atoms with Gasteiger partial charge < -0.3 is 9.84 Å². The second-order valence-corrected chi connectivity index (χ2v) is 3.54. The summed E-state index contributed by atoms with van der Waals surface area (Å²) in [5.41, 5.74) is -0.856. The summed E-state index contributed by atoms with van der Waals surface area (Å²) < 4.78 is 4.99. The number of aliphatic carboxylic acids is 1. The smallest absolute Gasteiger partial charge is 0.343 e. The fraction of sp³-hybridized carbons (Fsp3) is 0.714. The van der Waals surface area contributed by atoms with Crippen molar-refractivity contribution in [3.8, 4) is 0 Å². The van der Waals surface area contributed by atoms with Gasteiger partial charge >= 0.3 is 5.97 Å². The highest BCUT2D eigenvalue weighted by Gasteiger charge is 2.34. The molecule has 68 valence electrons. The van der Waals surface area contributed by atoms with Crippen molar-refractivity contribution < 1.29 is 19.4 Å². The summed E-state index contributed by atoms with van der Waals surface area (Å²) in [5.74, 6) is -0.568. The van der Waals surface area contributed by atoms with Gasteiger partial charge in [-0.25, -0.2) is 4.79 Å². The van der Waals surface area contributed by atoms with Crippen LogP contribution in [0.15, 0.2) is 0 Å². The summed E-state index contributed by atoms with van der Waals surface area (Å²) >= 11 is 1.16. The summed E-state index contributed by atoms with van der Waals surface area (Å²) in [6.45, 7) is 1.74. The molecule has 0 aromatic carbocycles. The number of carbonyl (C=O) groups is 2. The van der Waals surface area contributed by atoms with Crippen LogP contribution in [-0.4, -0.2) is 34.2 Å². The Morgan fingerprint density at radius 3 is 2.75 bits per heavy atom. The van der Waals surface area contributed by atoms with Gasteiger partial charge in [0, 0.05) is 12.2 Å². The average Bonchev–Trinajstić information content (AvgIpc) is 2.51. The van der Waals surface area contributed by atoms with Gasteiger partial charge in [-0.3, -0.25) is 4.79 Å². The second kappa shape index (κ2) is 3.91. The van der Waals surface area contributed by atoms with Crippen molar-refractivity contribution in [3.63, 3.8) is 0 Å². The Hall–Kier alpha value is -0.550. The van der Waals surface area contributed by atoms with E-state index >= 15 is 0 Å². The van der Waals surface area contributed by atoms with Crippen LogP contribution in [0.4, 0.5) is 0 Å². The van der Waals surface area contributed by atoms with Gasteiger partial charge in [0.1, 0.15) is 6.10 Å². The Balaban J connectivity index is 2.45. The molecule has 1 heterocycles. The standard InChI is InChI=1S/C7H10O4S/c1-2-4(8)5-3-12-7(11-5)6(9)10/h5,7H,2-3H2,1H3,(H,9,10). The van der Waals surface area contributed by atoms with Gasteiger partial charge in [-0.05, 0) is 0 Å². The van der Waals surface area contributed by atoms with Gasteiger partial charge in [-0.15, -0.1) is 11.8 Å². The van der Waals surface area contributed by atoms with Gasteiger partial charge in [0.15, 0.2) is 5.78 Å². The van der Waals surface area contributed by atoms with Crippen LogP contribution in [0.3, 0.4) is 0 Å². The topological polar surface area (TPSA) is 63.6 Å². The number of Topliss-reactive ketones (excluding diaryl/α,β-unsaturated/α-hetero) is 1. The second-order valence-electron chi connectivity index (χ2n) is 2.45. The van der Waals surface area contributed by atoms with E-state index in [1.807, 2.05) is 0 Å². The molecule has 4 nitrogen and oxygen atoms in total. The van der Waals surface area contributed by atoms with E-state index < -0.39 is 17.5 Å². The van der Waals surface area contributed by atoms with Crippen LogP contribution in [0, 0.1) is 0 Å². The maximum Gasteiger partial charge on any atom is 0.343 e. The van der Waals surface area contributed by atoms with Gasteiger partial charge in [0.05, 0.1) is 0 Å². The first kappa shape index (κ1) is 9.54. The molecule has 0 aliphatic carbocycles. The maximum absolute atomic E-state index is 11.1. The third kappa shape index (κ3) is 1.98. The summed E-state index contributed by atoms with van der Waals surface area (Å²) in [7, 11) is 0. The largest absolute Gasteiger partial charge is 0.479 e. The van der Waals surface area contributed by atoms with Crippen LogP contribution >= 0.6 is 11.8 Å². The number of hydrogen-bond donors (Lipinski definition) is 1. The quantitative estimate of drug-likeness (QED) is 0.702. The molecule has 0 spiro atoms. The maximum atomic E-state index is 11.1. The molecule has 0 radical (unpaired) electrons. The number of carboxylic acids is 1. The highest BCUT2D eigenvalue weighted by molar-refractivity contribution is 8.00. The molecule has 0 bridgehead atoms. The van der Waals surface area contributed by atoms with Crippen LogP contribution in [-0.2, 0) is 14.3 Å². The Bertz CT molecular complexity index is 204. The van der Waals surface area contributed by atoms with Crippen molar-refractivity contribution in [2.75, 3.05) is 5.75 Å². The normalized spacial score (nSPS) is 28.8. The summed E-state index contributed by atoms with van der Waals surface area (Å²) in [5, 5.41) is 8.53. The van der Waals surface area contributed by atoms with E-state index in [0.29, 0.717) is 12.2 Å². The van der Waals surface area contributed by atoms with Gasteiger partial charge in [-0.1, -0.05) is 6.92 Å². The highest BCUT2D eigenvalue weighted by atomic mass is 32.2. The van der Waals surface area contributed by atoms with Gasteiger partial charge in [0.2, 0.25) is 5.44 Å². The van der Waals surface area contributed by atoms with E-state index in [2.05, 4.69) is 0 Å². The minimum atomic E-state index is -1.01. The zero-order chi connectivity index (χ0) is 9.14. The first-order chi connectivity index (χ1) is 5.65. The lowest BCUT2D eigenvalue weighted by Gasteiger charge is -2.06. The molecule has 1 aliphatic heterocycles. The minimum absolute atomic E-state index is 0.0220. The first-order valence-electron chi connectivity index (χ1n) is 3.67. The summed E-state index contributed by atoms with van der Waals surface area (Å²) in [6.07, 6.45) is -0.113. The number of ketones is 1. The molecule has 1 aliphatic rings. The van der Waals surface area contributed by atoms with Crippen LogP contribution in [0.5, 0.6) is 0 Å². The Labute approximate surface area is 74.3 Å². The van der Waals surface area contributed by atoms with Crippen LogP contribution in [0.25, 0.3) is 0 Å². The van der Waals surface area contributed by atoms with E-state index in [4.69, 9.17) is 9.84 Å². The molecule has 1 rings (SSSR count). The molecule has 1 saturated heterocycles. The molecule has 1 N–H and O–H groups in total. The first-order valence-corrected chi connectivity index (χ1v) is 4.72. The van der Waals surface area contributed by atoms with E-state index in [-0.39, 0.29) is 5.78 Å². The predicted molar refractivity (Wildman–Crippen MR) is 44.1 cm³/mol. The van der Waals surface area contributed by atoms with Crippen molar-refractivity contribution in [1.29, 1.82) is 0 Å². The molecule has 0 aromatic rings. The van der Waals surface area contributed by atoms with Gasteiger partial charge in [-0.2, -0.15) is 0 Å². The molecule has 5 heteroatoms. The molecular weight excluding hydrogens is 180 g/mol. The minimum Gasteiger partial charge on any atom is -0.479 e. The summed E-state index contributed by atoms with van der Waals surface area (Å²) in [6, 6.07) is 0. The van der Waals surface area contributed by atoms with E-state index in [1.54, 1.807) is 6.92 Å². The fourth-order valence-corrected chi connectivity index (χ4v) is 1.90. The Morgan fingerprint density at radius 2 is 2.33 bits per heavy atom. The van der Waals surface area contributed by atoms with E-state index in [9.17, 15) is 9.59 Å². The number of hydrogen-bond acceptors (Lipinski definition) is 4. The molecule has 2 unspecified atom stereocenters. The Morgan fingerprint density at radius 1 is 1.67 bits per heavy atom. The number of thioether (sulfide) groups is 1. The lowest BCUT2D eigenvalue weighted by Crippen LogP contribution is -2.25. The number of carboxylic acid groups (broad SMARTS) is 1. The molecule has 0 aromatic heterocycles. The van der Waals surface area contributed by atoms with Crippen LogP contribution < -0.4 is 0 Å². The number of rotatable bonds is 3. The lowest BCUT2D eigenvalue weighted by atomic mass is 10.2. The van der Waals surface area contributed by atoms with E-state index in [0.717, 1.165) is 11.8 Å². The van der Waals surface area contributed by atoms with Crippen LogP contribution in [0.1, 0.15) is 13.3 Å². The predicted octanol–water partition coefficient (Wildman–Crippen LogP) is 0.508. The average molecular weight is 190 g/mol. The highest BCUT2D eigenvalue weighted by Crippen LogP contribution is 2.26. The number of carbonyl (C=O) groups excluding carboxylic acids is 1. The third-order valence-corrected chi connectivity index (χ3v) is 2.71. The van der Waals surface area contributed by atoms with E-state index in [1.165, 1.54) is 0 Å². The van der Waals surface area contributed by atoms with Crippen molar-refractivity contribution in [2.24, 2.45) is 0 Å². The lowest BCUT2D eigenvalue weighted by molar-refractivity contribution is -0.147.